The number of phosphoric acid groups is 1. The van der Waals surface area contributed by atoms with Crippen molar-refractivity contribution >= 4 is 13.8 Å². The van der Waals surface area contributed by atoms with Gasteiger partial charge in [0.15, 0.2) is 0 Å². The first-order chi connectivity index (χ1) is 17.6. The molecule has 2 aromatic carbocycles. The number of rotatable bonds is 16. The lowest BCUT2D eigenvalue weighted by Crippen LogP contribution is -2.42. The molecule has 0 fully saturated rings. The summed E-state index contributed by atoms with van der Waals surface area (Å²) in [7, 11) is 0.964. The first-order valence-corrected chi connectivity index (χ1v) is 13.0. The molecular formula is C24H32F3NO9P+. The highest BCUT2D eigenvalue weighted by Crippen LogP contribution is 2.45. The number of quaternary nitrogens is 1. The van der Waals surface area contributed by atoms with Gasteiger partial charge in [-0.2, -0.15) is 0 Å². The number of carboxylic acids is 1. The summed E-state index contributed by atoms with van der Waals surface area (Å²) >= 11 is 0. The van der Waals surface area contributed by atoms with Crippen LogP contribution in [0.3, 0.4) is 0 Å². The van der Waals surface area contributed by atoms with Crippen LogP contribution in [0.2, 0.25) is 0 Å². The molecule has 2 rings (SSSR count). The Balaban J connectivity index is 1.75. The van der Waals surface area contributed by atoms with Gasteiger partial charge in [-0.3, -0.25) is 13.8 Å². The number of unbranched alkanes of at least 4 members (excludes halogenated alkanes) is 1. The number of phosphoric ester groups is 1. The molecule has 0 saturated heterocycles. The molecule has 0 aliphatic carbocycles. The summed E-state index contributed by atoms with van der Waals surface area (Å²) in [6.45, 7) is 0.364. The van der Waals surface area contributed by atoms with E-state index in [0.29, 0.717) is 34.6 Å². The molecule has 1 unspecified atom stereocenters. The number of halogens is 3. The molecule has 0 amide bonds. The van der Waals surface area contributed by atoms with E-state index in [4.69, 9.17) is 23.6 Å². The molecule has 0 heterocycles. The SMILES string of the molecule is C[N+](C)(C)C[C@@H](CC(=O)O)OP(=O)(O)OCCCCOc1cccc(Oc2ccc(OC(F)(F)F)cc2)c1. The standard InChI is InChI=1S/C24H31F3NO9P/c1-28(2,3)17-22(16-23(29)30)37-38(31,32)34-14-5-4-13-33-20-7-6-8-21(15-20)35-18-9-11-19(12-10-18)36-24(25,26)27/h6-12,15,22H,4-5,13-14,16-17H2,1-3H3,(H-,29,30,31,32)/p+1/t22-/m1/s1. The van der Waals surface area contributed by atoms with Gasteiger partial charge in [-0.05, 0) is 49.2 Å². The monoisotopic (exact) mass is 566 g/mol. The number of nitrogens with zero attached hydrogens (tertiary/aromatic N) is 1. The van der Waals surface area contributed by atoms with Crippen molar-refractivity contribution in [1.29, 1.82) is 0 Å². The van der Waals surface area contributed by atoms with Crippen molar-refractivity contribution in [3.63, 3.8) is 0 Å². The molecule has 0 radical (unpaired) electrons. The second-order valence-corrected chi connectivity index (χ2v) is 10.7. The van der Waals surface area contributed by atoms with Gasteiger partial charge < -0.3 is 28.7 Å². The van der Waals surface area contributed by atoms with Gasteiger partial charge >= 0.3 is 20.2 Å². The fraction of sp³-hybridized carbons (Fsp3) is 0.458. The number of aliphatic carboxylic acids is 1. The lowest BCUT2D eigenvalue weighted by Gasteiger charge is -2.29. The number of likely N-dealkylation sites (N-methyl/N-ethyl adjacent to an activating group) is 1. The third-order valence-electron chi connectivity index (χ3n) is 4.60. The molecule has 0 aliphatic heterocycles. The summed E-state index contributed by atoms with van der Waals surface area (Å²) in [4.78, 5) is 21.0. The highest BCUT2D eigenvalue weighted by molar-refractivity contribution is 7.47. The first kappa shape index (κ1) is 31.4. The summed E-state index contributed by atoms with van der Waals surface area (Å²) < 4.78 is 74.5. The van der Waals surface area contributed by atoms with E-state index in [1.807, 2.05) is 0 Å². The van der Waals surface area contributed by atoms with Crippen molar-refractivity contribution in [2.75, 3.05) is 40.9 Å². The van der Waals surface area contributed by atoms with Gasteiger partial charge in [0.2, 0.25) is 0 Å². The topological polar surface area (TPSA) is 121 Å². The first-order valence-electron chi connectivity index (χ1n) is 11.5. The van der Waals surface area contributed by atoms with Crippen LogP contribution >= 0.6 is 7.82 Å². The van der Waals surface area contributed by atoms with Crippen molar-refractivity contribution in [2.45, 2.75) is 31.7 Å². The molecule has 0 saturated carbocycles. The van der Waals surface area contributed by atoms with Gasteiger partial charge in [-0.15, -0.1) is 13.2 Å². The predicted molar refractivity (Wildman–Crippen MR) is 130 cm³/mol. The van der Waals surface area contributed by atoms with Gasteiger partial charge in [0.25, 0.3) is 0 Å². The fourth-order valence-corrected chi connectivity index (χ4v) is 4.15. The average Bonchev–Trinajstić information content (AvgIpc) is 2.75. The Morgan fingerprint density at radius 1 is 0.974 bits per heavy atom. The fourth-order valence-electron chi connectivity index (χ4n) is 3.21. The van der Waals surface area contributed by atoms with Crippen LogP contribution in [-0.4, -0.2) is 73.8 Å². The molecule has 14 heteroatoms. The van der Waals surface area contributed by atoms with Crippen LogP contribution in [-0.2, 0) is 18.4 Å². The molecule has 0 spiro atoms. The normalized spacial score (nSPS) is 14.4. The largest absolute Gasteiger partial charge is 0.573 e. The molecule has 10 nitrogen and oxygen atoms in total. The van der Waals surface area contributed by atoms with E-state index in [1.54, 1.807) is 45.4 Å². The van der Waals surface area contributed by atoms with Gasteiger partial charge in [-0.1, -0.05) is 6.07 Å². The number of hydrogen-bond acceptors (Lipinski definition) is 7. The molecule has 0 bridgehead atoms. The lowest BCUT2D eigenvalue weighted by molar-refractivity contribution is -0.873. The Bertz CT molecular complexity index is 1080. The predicted octanol–water partition coefficient (Wildman–Crippen LogP) is 5.22. The maximum atomic E-state index is 12.3. The molecule has 2 N–H and O–H groups in total. The number of benzene rings is 2. The molecule has 212 valence electrons. The Kier molecular flexibility index (Phi) is 11.4. The summed E-state index contributed by atoms with van der Waals surface area (Å²) in [5.74, 6) is -0.328. The molecule has 0 aromatic heterocycles. The molecular weight excluding hydrogens is 534 g/mol. The second kappa shape index (κ2) is 13.8. The third kappa shape index (κ3) is 13.6. The van der Waals surface area contributed by atoms with E-state index in [2.05, 4.69) is 4.74 Å². The number of alkyl halides is 3. The highest BCUT2D eigenvalue weighted by Gasteiger charge is 2.32. The smallest absolute Gasteiger partial charge is 0.493 e. The minimum Gasteiger partial charge on any atom is -0.493 e. The van der Waals surface area contributed by atoms with Crippen LogP contribution in [0.1, 0.15) is 19.3 Å². The quantitative estimate of drug-likeness (QED) is 0.160. The Morgan fingerprint density at radius 3 is 2.18 bits per heavy atom. The minimum atomic E-state index is -4.78. The number of ether oxygens (including phenoxy) is 3. The minimum absolute atomic E-state index is 0.0987. The average molecular weight is 566 g/mol. The van der Waals surface area contributed by atoms with E-state index in [-0.39, 0.29) is 25.5 Å². The highest BCUT2D eigenvalue weighted by atomic mass is 31.2. The van der Waals surface area contributed by atoms with Crippen LogP contribution in [0, 0.1) is 0 Å². The van der Waals surface area contributed by atoms with Crippen molar-refractivity contribution < 1.29 is 60.3 Å². The zero-order chi connectivity index (χ0) is 28.4. The van der Waals surface area contributed by atoms with Crippen LogP contribution in [0.5, 0.6) is 23.0 Å². The summed E-state index contributed by atoms with van der Waals surface area (Å²) in [5.41, 5.74) is 0. The number of carbonyl (C=O) groups is 1. The van der Waals surface area contributed by atoms with E-state index in [9.17, 15) is 27.4 Å². The zero-order valence-electron chi connectivity index (χ0n) is 21.2. The molecule has 38 heavy (non-hydrogen) atoms. The maximum absolute atomic E-state index is 12.3. The van der Waals surface area contributed by atoms with E-state index in [0.717, 1.165) is 12.1 Å². The van der Waals surface area contributed by atoms with Gasteiger partial charge in [-0.25, -0.2) is 4.57 Å². The van der Waals surface area contributed by atoms with Crippen LogP contribution in [0.25, 0.3) is 0 Å². The Morgan fingerprint density at radius 2 is 1.58 bits per heavy atom. The third-order valence-corrected chi connectivity index (χ3v) is 5.67. The Labute approximate surface area is 218 Å². The van der Waals surface area contributed by atoms with E-state index >= 15 is 0 Å². The summed E-state index contributed by atoms with van der Waals surface area (Å²) in [5, 5.41) is 9.02. The molecule has 2 aromatic rings. The van der Waals surface area contributed by atoms with Crippen LogP contribution < -0.4 is 14.2 Å². The van der Waals surface area contributed by atoms with Crippen LogP contribution in [0.4, 0.5) is 13.2 Å². The van der Waals surface area contributed by atoms with E-state index < -0.39 is 32.7 Å². The summed E-state index contributed by atoms with van der Waals surface area (Å²) in [6, 6.07) is 11.6. The van der Waals surface area contributed by atoms with Gasteiger partial charge in [0, 0.05) is 6.07 Å². The molecule has 2 atom stereocenters. The zero-order valence-corrected chi connectivity index (χ0v) is 22.1. The second-order valence-electron chi connectivity index (χ2n) is 9.25. The Hall–Kier alpha value is -2.83. The number of carboxylic acid groups (broad SMARTS) is 1. The van der Waals surface area contributed by atoms with Gasteiger partial charge in [0.1, 0.15) is 35.6 Å². The van der Waals surface area contributed by atoms with Crippen LogP contribution in [0.15, 0.2) is 48.5 Å². The van der Waals surface area contributed by atoms with Crippen molar-refractivity contribution in [3.05, 3.63) is 48.5 Å². The van der Waals surface area contributed by atoms with Crippen molar-refractivity contribution in [2.24, 2.45) is 0 Å². The number of hydrogen-bond donors (Lipinski definition) is 2. The van der Waals surface area contributed by atoms with Gasteiger partial charge in [0.05, 0.1) is 40.8 Å². The van der Waals surface area contributed by atoms with Crippen molar-refractivity contribution in [3.8, 4) is 23.0 Å². The maximum Gasteiger partial charge on any atom is 0.573 e. The van der Waals surface area contributed by atoms with E-state index in [1.165, 1.54) is 12.1 Å². The summed E-state index contributed by atoms with van der Waals surface area (Å²) in [6.07, 6.45) is -5.36. The lowest BCUT2D eigenvalue weighted by atomic mass is 10.2. The van der Waals surface area contributed by atoms with Crippen molar-refractivity contribution in [1.82, 2.24) is 0 Å². The molecule has 0 aliphatic rings.